The molecule has 0 spiro atoms. The average molecular weight is 269 g/mol. The predicted octanol–water partition coefficient (Wildman–Crippen LogP) is 2.73. The molecule has 3 nitrogen and oxygen atoms in total. The van der Waals surface area contributed by atoms with E-state index in [1.165, 1.54) is 57.9 Å². The van der Waals surface area contributed by atoms with Gasteiger partial charge in [0, 0.05) is 24.5 Å². The first kappa shape index (κ1) is 16.9. The lowest BCUT2D eigenvalue weighted by Crippen LogP contribution is -2.40. The van der Waals surface area contributed by atoms with E-state index in [2.05, 4.69) is 18.7 Å². The van der Waals surface area contributed by atoms with Gasteiger partial charge in [0.2, 0.25) is 0 Å². The summed E-state index contributed by atoms with van der Waals surface area (Å²) in [5.41, 5.74) is 12.0. The number of nitrogens with zero attached hydrogens (tertiary/aromatic N) is 1. The van der Waals surface area contributed by atoms with Gasteiger partial charge in [0.05, 0.1) is 0 Å². The van der Waals surface area contributed by atoms with Gasteiger partial charge in [-0.3, -0.25) is 4.90 Å². The summed E-state index contributed by atoms with van der Waals surface area (Å²) in [5, 5.41) is 0. The molecule has 0 bridgehead atoms. The molecule has 3 heteroatoms. The van der Waals surface area contributed by atoms with Crippen molar-refractivity contribution in [3.63, 3.8) is 0 Å². The van der Waals surface area contributed by atoms with Crippen molar-refractivity contribution < 1.29 is 0 Å². The van der Waals surface area contributed by atoms with Gasteiger partial charge in [-0.25, -0.2) is 0 Å². The van der Waals surface area contributed by atoms with Crippen LogP contribution in [0.3, 0.4) is 0 Å². The molecule has 0 aromatic carbocycles. The molecular weight excluding hydrogens is 234 g/mol. The van der Waals surface area contributed by atoms with Gasteiger partial charge in [-0.15, -0.1) is 0 Å². The third kappa shape index (κ3) is 5.80. The third-order valence-corrected chi connectivity index (χ3v) is 4.75. The second-order valence-corrected chi connectivity index (χ2v) is 6.28. The molecular formula is C16H35N3. The van der Waals surface area contributed by atoms with Crippen LogP contribution in [0.5, 0.6) is 0 Å². The standard InChI is InChI=1S/C16H35N3/c1-3-4-5-6-7-8-9-10-11-19-13-15(12-17)16(18)14(19)2/h14-16H,3-13,17-18H2,1-2H3. The molecule has 4 N–H and O–H groups in total. The van der Waals surface area contributed by atoms with Gasteiger partial charge in [-0.05, 0) is 26.4 Å². The van der Waals surface area contributed by atoms with Crippen LogP contribution in [0.1, 0.15) is 65.2 Å². The topological polar surface area (TPSA) is 55.3 Å². The molecule has 3 unspecified atom stereocenters. The Balaban J connectivity index is 2.01. The second kappa shape index (κ2) is 9.73. The molecule has 0 aliphatic carbocycles. The van der Waals surface area contributed by atoms with Crippen molar-refractivity contribution in [3.05, 3.63) is 0 Å². The highest BCUT2D eigenvalue weighted by atomic mass is 15.2. The SMILES string of the molecule is CCCCCCCCCCN1CC(CN)C(N)C1C. The maximum Gasteiger partial charge on any atom is 0.0247 e. The Morgan fingerprint density at radius 1 is 1.00 bits per heavy atom. The maximum absolute atomic E-state index is 6.20. The third-order valence-electron chi connectivity index (χ3n) is 4.75. The van der Waals surface area contributed by atoms with Gasteiger partial charge in [0.15, 0.2) is 0 Å². The molecule has 0 saturated carbocycles. The van der Waals surface area contributed by atoms with Crippen molar-refractivity contribution in [1.29, 1.82) is 0 Å². The van der Waals surface area contributed by atoms with Crippen LogP contribution in [0, 0.1) is 5.92 Å². The number of hydrogen-bond donors (Lipinski definition) is 2. The van der Waals surface area contributed by atoms with Crippen molar-refractivity contribution in [3.8, 4) is 0 Å². The van der Waals surface area contributed by atoms with E-state index in [9.17, 15) is 0 Å². The lowest BCUT2D eigenvalue weighted by Gasteiger charge is -2.22. The van der Waals surface area contributed by atoms with Crippen molar-refractivity contribution in [2.45, 2.75) is 77.3 Å². The summed E-state index contributed by atoms with van der Waals surface area (Å²) in [6.45, 7) is 7.58. The summed E-state index contributed by atoms with van der Waals surface area (Å²) in [5.74, 6) is 0.504. The zero-order valence-electron chi connectivity index (χ0n) is 13.1. The number of nitrogens with two attached hydrogens (primary N) is 2. The Morgan fingerprint density at radius 2 is 1.58 bits per heavy atom. The van der Waals surface area contributed by atoms with E-state index < -0.39 is 0 Å². The van der Waals surface area contributed by atoms with Gasteiger partial charge in [-0.2, -0.15) is 0 Å². The fraction of sp³-hybridized carbons (Fsp3) is 1.00. The highest BCUT2D eigenvalue weighted by Crippen LogP contribution is 2.22. The van der Waals surface area contributed by atoms with Gasteiger partial charge in [0.25, 0.3) is 0 Å². The fourth-order valence-electron chi connectivity index (χ4n) is 3.20. The molecule has 3 atom stereocenters. The van der Waals surface area contributed by atoms with Crippen LogP contribution in [0.4, 0.5) is 0 Å². The average Bonchev–Trinajstić information content (AvgIpc) is 2.69. The van der Waals surface area contributed by atoms with Crippen molar-refractivity contribution >= 4 is 0 Å². The van der Waals surface area contributed by atoms with Gasteiger partial charge in [-0.1, -0.05) is 51.9 Å². The highest BCUT2D eigenvalue weighted by Gasteiger charge is 2.35. The number of rotatable bonds is 10. The molecule has 19 heavy (non-hydrogen) atoms. The summed E-state index contributed by atoms with van der Waals surface area (Å²) in [6, 6.07) is 0.789. The maximum atomic E-state index is 6.20. The van der Waals surface area contributed by atoms with Gasteiger partial charge < -0.3 is 11.5 Å². The zero-order valence-corrected chi connectivity index (χ0v) is 13.1. The Kier molecular flexibility index (Phi) is 8.67. The first-order chi connectivity index (χ1) is 9.20. The highest BCUT2D eigenvalue weighted by molar-refractivity contribution is 4.93. The quantitative estimate of drug-likeness (QED) is 0.600. The molecule has 114 valence electrons. The van der Waals surface area contributed by atoms with Crippen LogP contribution in [-0.4, -0.2) is 36.6 Å². The van der Waals surface area contributed by atoms with Crippen LogP contribution in [0.25, 0.3) is 0 Å². The van der Waals surface area contributed by atoms with Crippen molar-refractivity contribution in [2.75, 3.05) is 19.6 Å². The summed E-state index contributed by atoms with van der Waals surface area (Å²) in [6.07, 6.45) is 11.1. The predicted molar refractivity (Wildman–Crippen MR) is 84.2 cm³/mol. The van der Waals surface area contributed by atoms with Crippen LogP contribution >= 0.6 is 0 Å². The number of likely N-dealkylation sites (tertiary alicyclic amines) is 1. The van der Waals surface area contributed by atoms with Crippen LogP contribution in [0.2, 0.25) is 0 Å². The van der Waals surface area contributed by atoms with Crippen LogP contribution in [-0.2, 0) is 0 Å². The van der Waals surface area contributed by atoms with E-state index in [4.69, 9.17) is 11.5 Å². The molecule has 0 amide bonds. The Hall–Kier alpha value is -0.120. The minimum atomic E-state index is 0.277. The molecule has 1 heterocycles. The largest absolute Gasteiger partial charge is 0.330 e. The lowest BCUT2D eigenvalue weighted by molar-refractivity contribution is 0.252. The summed E-state index contributed by atoms with van der Waals surface area (Å²) in [4.78, 5) is 2.54. The molecule has 1 rings (SSSR count). The molecule has 1 aliphatic heterocycles. The second-order valence-electron chi connectivity index (χ2n) is 6.28. The number of unbranched alkanes of at least 4 members (excludes halogenated alkanes) is 7. The normalized spacial score (nSPS) is 28.1. The van der Waals surface area contributed by atoms with Crippen molar-refractivity contribution in [2.24, 2.45) is 17.4 Å². The monoisotopic (exact) mass is 269 g/mol. The van der Waals surface area contributed by atoms with Gasteiger partial charge >= 0.3 is 0 Å². The smallest absolute Gasteiger partial charge is 0.0247 e. The van der Waals surface area contributed by atoms with E-state index in [-0.39, 0.29) is 6.04 Å². The fourth-order valence-corrected chi connectivity index (χ4v) is 3.20. The van der Waals surface area contributed by atoms with Gasteiger partial charge in [0.1, 0.15) is 0 Å². The van der Waals surface area contributed by atoms with E-state index >= 15 is 0 Å². The van der Waals surface area contributed by atoms with Crippen LogP contribution < -0.4 is 11.5 Å². The van der Waals surface area contributed by atoms with E-state index in [0.717, 1.165) is 13.1 Å². The molecule has 0 radical (unpaired) electrons. The molecule has 1 saturated heterocycles. The Morgan fingerprint density at radius 3 is 2.11 bits per heavy atom. The van der Waals surface area contributed by atoms with E-state index in [1.54, 1.807) is 0 Å². The molecule has 0 aromatic rings. The van der Waals surface area contributed by atoms with E-state index in [0.29, 0.717) is 12.0 Å². The minimum absolute atomic E-state index is 0.277. The number of hydrogen-bond acceptors (Lipinski definition) is 3. The summed E-state index contributed by atoms with van der Waals surface area (Å²) in [7, 11) is 0. The minimum Gasteiger partial charge on any atom is -0.330 e. The molecule has 1 fully saturated rings. The Bertz CT molecular complexity index is 220. The first-order valence-electron chi connectivity index (χ1n) is 8.40. The van der Waals surface area contributed by atoms with E-state index in [1.807, 2.05) is 0 Å². The first-order valence-corrected chi connectivity index (χ1v) is 8.40. The van der Waals surface area contributed by atoms with Crippen LogP contribution in [0.15, 0.2) is 0 Å². The molecule has 1 aliphatic rings. The summed E-state index contributed by atoms with van der Waals surface area (Å²) < 4.78 is 0. The van der Waals surface area contributed by atoms with Crippen molar-refractivity contribution in [1.82, 2.24) is 4.90 Å². The molecule has 0 aromatic heterocycles. The summed E-state index contributed by atoms with van der Waals surface area (Å²) >= 11 is 0. The Labute approximate surface area is 120 Å². The zero-order chi connectivity index (χ0) is 14.1. The lowest BCUT2D eigenvalue weighted by atomic mass is 10.0.